The maximum Gasteiger partial charge on any atom is 0.251 e. The van der Waals surface area contributed by atoms with Gasteiger partial charge in [0.05, 0.1) is 12.6 Å². The van der Waals surface area contributed by atoms with Crippen molar-refractivity contribution in [3.63, 3.8) is 0 Å². The van der Waals surface area contributed by atoms with Crippen LogP contribution in [-0.2, 0) is 4.79 Å². The van der Waals surface area contributed by atoms with E-state index in [2.05, 4.69) is 20.6 Å². The van der Waals surface area contributed by atoms with Gasteiger partial charge in [0.15, 0.2) is 0 Å². The van der Waals surface area contributed by atoms with Gasteiger partial charge in [-0.2, -0.15) is 0 Å². The third kappa shape index (κ3) is 4.32. The summed E-state index contributed by atoms with van der Waals surface area (Å²) < 4.78 is 0. The molecule has 1 unspecified atom stereocenters. The number of nitrogens with zero attached hydrogens (tertiary/aromatic N) is 1. The molecule has 2 rings (SSSR count). The zero-order valence-corrected chi connectivity index (χ0v) is 12.1. The van der Waals surface area contributed by atoms with E-state index in [4.69, 9.17) is 11.6 Å². The van der Waals surface area contributed by atoms with Crippen molar-refractivity contribution in [2.75, 3.05) is 6.54 Å². The number of H-pyrrole nitrogens is 1. The van der Waals surface area contributed by atoms with Crippen LogP contribution >= 0.6 is 11.6 Å². The number of rotatable bonds is 5. The molecule has 0 bridgehead atoms. The molecule has 0 saturated heterocycles. The molecule has 1 atom stereocenters. The minimum absolute atomic E-state index is 0.115. The minimum atomic E-state index is -0.349. The Kier molecular flexibility index (Phi) is 4.94. The van der Waals surface area contributed by atoms with Gasteiger partial charge in [0.25, 0.3) is 5.91 Å². The van der Waals surface area contributed by atoms with Gasteiger partial charge in [-0.15, -0.1) is 0 Å². The minimum Gasteiger partial charge on any atom is -0.347 e. The maximum atomic E-state index is 11.8. The second kappa shape index (κ2) is 6.90. The van der Waals surface area contributed by atoms with E-state index in [0.29, 0.717) is 16.4 Å². The van der Waals surface area contributed by atoms with Crippen molar-refractivity contribution in [3.8, 4) is 0 Å². The maximum absolute atomic E-state index is 11.8. The summed E-state index contributed by atoms with van der Waals surface area (Å²) >= 11 is 5.81. The molecule has 0 saturated carbocycles. The largest absolute Gasteiger partial charge is 0.347 e. The van der Waals surface area contributed by atoms with Crippen molar-refractivity contribution in [1.82, 2.24) is 20.6 Å². The number of amides is 2. The highest BCUT2D eigenvalue weighted by atomic mass is 35.5. The van der Waals surface area contributed by atoms with Crippen molar-refractivity contribution < 1.29 is 9.59 Å². The molecule has 1 aromatic carbocycles. The first-order valence-corrected chi connectivity index (χ1v) is 6.76. The van der Waals surface area contributed by atoms with Crippen molar-refractivity contribution >= 4 is 23.4 Å². The molecule has 3 N–H and O–H groups in total. The first-order valence-electron chi connectivity index (χ1n) is 6.38. The number of carbonyl (C=O) groups is 2. The van der Waals surface area contributed by atoms with Crippen LogP contribution in [0.5, 0.6) is 0 Å². The highest BCUT2D eigenvalue weighted by Gasteiger charge is 2.13. The predicted octanol–water partition coefficient (Wildman–Crippen LogP) is 1.67. The van der Waals surface area contributed by atoms with Crippen LogP contribution in [0.2, 0.25) is 5.02 Å². The second-order valence-electron chi connectivity index (χ2n) is 4.46. The van der Waals surface area contributed by atoms with Gasteiger partial charge in [0.1, 0.15) is 5.82 Å². The number of aromatic nitrogens is 2. The van der Waals surface area contributed by atoms with Gasteiger partial charge in [-0.05, 0) is 25.1 Å². The molecule has 0 spiro atoms. The van der Waals surface area contributed by atoms with Crippen LogP contribution in [0.15, 0.2) is 36.7 Å². The summed E-state index contributed by atoms with van der Waals surface area (Å²) in [6.07, 6.45) is 3.29. The summed E-state index contributed by atoms with van der Waals surface area (Å²) in [5, 5.41) is 5.73. The Morgan fingerprint density at radius 3 is 2.90 bits per heavy atom. The van der Waals surface area contributed by atoms with Crippen molar-refractivity contribution in [2.24, 2.45) is 0 Å². The topological polar surface area (TPSA) is 86.9 Å². The van der Waals surface area contributed by atoms with Crippen molar-refractivity contribution in [3.05, 3.63) is 53.1 Å². The number of aromatic amines is 1. The highest BCUT2D eigenvalue weighted by molar-refractivity contribution is 6.30. The van der Waals surface area contributed by atoms with Crippen molar-refractivity contribution in [2.45, 2.75) is 13.0 Å². The van der Waals surface area contributed by atoms with E-state index in [1.165, 1.54) is 0 Å². The molecule has 110 valence electrons. The average molecular weight is 307 g/mol. The first-order chi connectivity index (χ1) is 10.1. The van der Waals surface area contributed by atoms with Gasteiger partial charge in [-0.3, -0.25) is 9.59 Å². The van der Waals surface area contributed by atoms with Crippen LogP contribution in [0.4, 0.5) is 0 Å². The third-order valence-corrected chi connectivity index (χ3v) is 3.04. The van der Waals surface area contributed by atoms with Gasteiger partial charge < -0.3 is 15.6 Å². The smallest absolute Gasteiger partial charge is 0.251 e. The van der Waals surface area contributed by atoms with Crippen LogP contribution in [0.3, 0.4) is 0 Å². The molecule has 2 amide bonds. The molecule has 7 heteroatoms. The van der Waals surface area contributed by atoms with E-state index >= 15 is 0 Å². The summed E-state index contributed by atoms with van der Waals surface area (Å²) in [5.41, 5.74) is 0.411. The molecule has 0 aliphatic rings. The van der Waals surface area contributed by atoms with Crippen LogP contribution in [0.1, 0.15) is 29.1 Å². The quantitative estimate of drug-likeness (QED) is 0.785. The normalized spacial score (nSPS) is 11.7. The van der Waals surface area contributed by atoms with Gasteiger partial charge in [-0.25, -0.2) is 4.98 Å². The molecule has 0 aliphatic heterocycles. The molecular weight excluding hydrogens is 292 g/mol. The van der Waals surface area contributed by atoms with Gasteiger partial charge in [0, 0.05) is 23.0 Å². The summed E-state index contributed by atoms with van der Waals surface area (Å²) in [4.78, 5) is 30.6. The second-order valence-corrected chi connectivity index (χ2v) is 4.89. The Morgan fingerprint density at radius 1 is 1.43 bits per heavy atom. The monoisotopic (exact) mass is 306 g/mol. The zero-order valence-electron chi connectivity index (χ0n) is 11.4. The number of nitrogens with one attached hydrogen (secondary N) is 3. The Bertz CT molecular complexity index is 628. The summed E-state index contributed by atoms with van der Waals surface area (Å²) in [5.74, 6) is 0.0112. The fraction of sp³-hybridized carbons (Fsp3) is 0.214. The van der Waals surface area contributed by atoms with E-state index in [9.17, 15) is 9.59 Å². The molecule has 21 heavy (non-hydrogen) atoms. The number of carbonyl (C=O) groups excluding carboxylic acids is 2. The fourth-order valence-electron chi connectivity index (χ4n) is 1.77. The van der Waals surface area contributed by atoms with E-state index in [1.807, 2.05) is 0 Å². The van der Waals surface area contributed by atoms with E-state index in [-0.39, 0.29) is 24.4 Å². The Balaban J connectivity index is 1.82. The molecule has 0 radical (unpaired) electrons. The van der Waals surface area contributed by atoms with Crippen LogP contribution in [0, 0.1) is 0 Å². The lowest BCUT2D eigenvalue weighted by Gasteiger charge is -2.12. The molecule has 6 nitrogen and oxygen atoms in total. The molecule has 0 aliphatic carbocycles. The van der Waals surface area contributed by atoms with E-state index in [0.717, 1.165) is 0 Å². The number of halogens is 1. The third-order valence-electron chi connectivity index (χ3n) is 2.80. The molecule has 2 aromatic rings. The number of hydrogen-bond acceptors (Lipinski definition) is 3. The van der Waals surface area contributed by atoms with E-state index in [1.54, 1.807) is 43.6 Å². The number of hydrogen-bond donors (Lipinski definition) is 3. The predicted molar refractivity (Wildman–Crippen MR) is 78.9 cm³/mol. The van der Waals surface area contributed by atoms with Crippen LogP contribution < -0.4 is 10.6 Å². The summed E-state index contributed by atoms with van der Waals surface area (Å²) in [7, 11) is 0. The number of imidazole rings is 1. The lowest BCUT2D eigenvalue weighted by Crippen LogP contribution is -2.38. The lowest BCUT2D eigenvalue weighted by molar-refractivity contribution is -0.120. The van der Waals surface area contributed by atoms with Crippen LogP contribution in [-0.4, -0.2) is 28.3 Å². The molecule has 1 heterocycles. The Morgan fingerprint density at radius 2 is 2.24 bits per heavy atom. The highest BCUT2D eigenvalue weighted by Crippen LogP contribution is 2.10. The van der Waals surface area contributed by atoms with Crippen molar-refractivity contribution in [1.29, 1.82) is 0 Å². The SMILES string of the molecule is CC(NC(=O)CNC(=O)c1cccc(Cl)c1)c1ncc[nH]1. The standard InChI is InChI=1S/C14H15ClN4O2/c1-9(13-16-5-6-17-13)19-12(20)8-18-14(21)10-3-2-4-11(15)7-10/h2-7,9H,8H2,1H3,(H,16,17)(H,18,21)(H,19,20). The average Bonchev–Trinajstić information content (AvgIpc) is 2.99. The molecule has 1 aromatic heterocycles. The molecular formula is C14H15ClN4O2. The van der Waals surface area contributed by atoms with Gasteiger partial charge >= 0.3 is 0 Å². The lowest BCUT2D eigenvalue weighted by atomic mass is 10.2. The van der Waals surface area contributed by atoms with Gasteiger partial charge in [0.2, 0.25) is 5.91 Å². The zero-order chi connectivity index (χ0) is 15.2. The Labute approximate surface area is 126 Å². The Hall–Kier alpha value is -2.34. The van der Waals surface area contributed by atoms with Gasteiger partial charge in [-0.1, -0.05) is 17.7 Å². The molecule has 0 fully saturated rings. The van der Waals surface area contributed by atoms with E-state index < -0.39 is 0 Å². The first kappa shape index (κ1) is 15.1. The number of benzene rings is 1. The summed E-state index contributed by atoms with van der Waals surface area (Å²) in [6, 6.07) is 6.27. The van der Waals surface area contributed by atoms with Crippen LogP contribution in [0.25, 0.3) is 0 Å². The fourth-order valence-corrected chi connectivity index (χ4v) is 1.96. The summed E-state index contributed by atoms with van der Waals surface area (Å²) in [6.45, 7) is 1.69.